The van der Waals surface area contributed by atoms with E-state index < -0.39 is 36.5 Å². The van der Waals surface area contributed by atoms with E-state index in [9.17, 15) is 60.0 Å². The van der Waals surface area contributed by atoms with Crippen LogP contribution in [0.15, 0.2) is 182 Å². The van der Waals surface area contributed by atoms with Crippen molar-refractivity contribution >= 4 is 23.9 Å². The van der Waals surface area contributed by atoms with Crippen molar-refractivity contribution in [1.82, 2.24) is 0 Å². The van der Waals surface area contributed by atoms with E-state index in [1.54, 1.807) is 146 Å². The van der Waals surface area contributed by atoms with E-state index in [1.165, 1.54) is 0 Å². The number of carboxylic acids is 4. The van der Waals surface area contributed by atoms with Gasteiger partial charge in [0.15, 0.2) is 12.6 Å². The zero-order chi connectivity index (χ0) is 47.1. The molecular weight excluding hydrogens is 1120 g/mol. The smallest absolute Gasteiger partial charge is 0.335 e. The molecule has 0 bridgehead atoms. The summed E-state index contributed by atoms with van der Waals surface area (Å²) >= 11 is 0. The minimum atomic E-state index is -1.55. The van der Waals surface area contributed by atoms with E-state index in [1.807, 2.05) is 36.4 Å². The molecule has 8 aromatic rings. The third-order valence-electron chi connectivity index (χ3n) is 10.8. The Kier molecular flexibility index (Phi) is 23.7. The third kappa shape index (κ3) is 15.5. The van der Waals surface area contributed by atoms with Crippen LogP contribution in [0, 0.1) is 0 Å². The van der Waals surface area contributed by atoms with Gasteiger partial charge in [-0.3, -0.25) is 0 Å². The quantitative estimate of drug-likeness (QED) is 0.0420. The number of rotatable bonds is 12. The van der Waals surface area contributed by atoms with Crippen molar-refractivity contribution in [1.29, 1.82) is 0 Å². The first-order valence-corrected chi connectivity index (χ1v) is 20.2. The summed E-state index contributed by atoms with van der Waals surface area (Å²) in [5, 5.41) is 74.2. The van der Waals surface area contributed by atoms with Crippen molar-refractivity contribution < 1.29 is 143 Å². The maximum atomic E-state index is 11.2. The predicted molar refractivity (Wildman–Crippen MR) is 251 cm³/mol. The summed E-state index contributed by atoms with van der Waals surface area (Å²) < 4.78 is 0. The number of carboxylic acid groups (broad SMARTS) is 4. The van der Waals surface area contributed by atoms with E-state index in [2.05, 4.69) is 0 Å². The number of carbonyl (C=O) groups is 4. The van der Waals surface area contributed by atoms with Crippen molar-refractivity contribution in [3.8, 4) is 66.8 Å². The Morgan fingerprint density at radius 3 is 0.521 bits per heavy atom. The maximum absolute atomic E-state index is 11.2. The number of hydrogen-bond donors (Lipinski definition) is 8. The molecule has 0 atom stereocenters. The van der Waals surface area contributed by atoms with Crippen LogP contribution in [-0.4, -0.2) is 70.2 Å². The Morgan fingerprint density at radius 2 is 0.394 bits per heavy atom. The normalized spacial score (nSPS) is 10.1. The molecule has 0 fully saturated rings. The molecule has 344 valence electrons. The first-order chi connectivity index (χ1) is 31.6. The van der Waals surface area contributed by atoms with Crippen molar-refractivity contribution in [3.63, 3.8) is 0 Å². The van der Waals surface area contributed by atoms with Gasteiger partial charge in [-0.2, -0.15) is 0 Å². The van der Waals surface area contributed by atoms with Gasteiger partial charge in [-0.05, 0) is 152 Å². The fraction of sp³-hybridized carbons (Fsp3) is 0.0370. The second kappa shape index (κ2) is 27.5. The molecule has 0 aliphatic carbocycles. The summed E-state index contributed by atoms with van der Waals surface area (Å²) in [6.07, 6.45) is -3.11. The summed E-state index contributed by atoms with van der Waals surface area (Å²) in [4.78, 5) is 44.8. The first-order valence-electron chi connectivity index (χ1n) is 20.2. The summed E-state index contributed by atoms with van der Waals surface area (Å²) in [5.74, 6) is -4.00. The Morgan fingerprint density at radius 1 is 0.254 bits per heavy atom. The van der Waals surface area contributed by atoms with E-state index in [-0.39, 0.29) is 106 Å². The van der Waals surface area contributed by atoms with E-state index >= 15 is 0 Å². The van der Waals surface area contributed by atoms with Gasteiger partial charge in [0.25, 0.3) is 0 Å². The number of aliphatic hydroxyl groups excluding tert-OH is 2. The summed E-state index contributed by atoms with van der Waals surface area (Å²) in [6, 6.07) is 51.8. The van der Waals surface area contributed by atoms with E-state index in [0.717, 1.165) is 66.8 Å². The van der Waals surface area contributed by atoms with Gasteiger partial charge in [-0.15, -0.1) is 0 Å². The predicted octanol–water partition coefficient (Wildman–Crippen LogP) is 9.30. The van der Waals surface area contributed by atoms with Crippen molar-refractivity contribution in [2.24, 2.45) is 0 Å². The zero-order valence-corrected chi connectivity index (χ0v) is 49.9. The maximum Gasteiger partial charge on any atom is 0.335 e. The van der Waals surface area contributed by atoms with Gasteiger partial charge in [0.05, 0.1) is 22.3 Å². The molecule has 13 nitrogen and oxygen atoms in total. The minimum absolute atomic E-state index is 0. The molecule has 0 aliphatic heterocycles. The average Bonchev–Trinajstić information content (AvgIpc) is 3.34. The van der Waals surface area contributed by atoms with Crippen LogP contribution in [0.4, 0.5) is 0 Å². The van der Waals surface area contributed by atoms with Gasteiger partial charge >= 0.3 is 23.9 Å². The molecule has 0 aromatic heterocycles. The van der Waals surface area contributed by atoms with Crippen molar-refractivity contribution in [2.45, 2.75) is 12.6 Å². The molecule has 0 spiro atoms. The first kappa shape index (κ1) is 61.1. The van der Waals surface area contributed by atoms with Gasteiger partial charge in [-0.1, -0.05) is 97.1 Å². The van der Waals surface area contributed by atoms with Crippen LogP contribution >= 0.6 is 0 Å². The van der Waals surface area contributed by atoms with Crippen LogP contribution in [0.25, 0.3) is 66.8 Å². The standard InChI is InChI=1S/2C27H20O6.H2O.4Zn/c2*28-25(29)19-7-1-16(2-8-19)22-13-23(17-3-9-20(10-4-17)26(30)31)15-24(14-22)18-5-11-21(12-6-18)27(32)33;;;;;/h2*1-15,25,28-29H,(H,30,31)(H,32,33);1H2;;;;. The van der Waals surface area contributed by atoms with Crippen molar-refractivity contribution in [3.05, 3.63) is 215 Å². The Bertz CT molecular complexity index is 2690. The van der Waals surface area contributed by atoms with Gasteiger partial charge in [-0.25, -0.2) is 19.2 Å². The second-order valence-corrected chi connectivity index (χ2v) is 15.1. The van der Waals surface area contributed by atoms with E-state index in [0.29, 0.717) is 11.1 Å². The molecule has 0 saturated heterocycles. The van der Waals surface area contributed by atoms with Crippen LogP contribution in [-0.2, 0) is 77.9 Å². The molecule has 17 heteroatoms. The van der Waals surface area contributed by atoms with Gasteiger partial charge in [0.1, 0.15) is 0 Å². The number of aliphatic hydroxyl groups is 4. The number of hydrogen-bond acceptors (Lipinski definition) is 8. The zero-order valence-electron chi connectivity index (χ0n) is 38.0. The molecule has 0 saturated carbocycles. The molecule has 0 aliphatic rings. The molecule has 8 rings (SSSR count). The minimum Gasteiger partial charge on any atom is -0.478 e. The van der Waals surface area contributed by atoms with Gasteiger partial charge < -0.3 is 46.3 Å². The molecule has 71 heavy (non-hydrogen) atoms. The Labute approximate surface area is 458 Å². The number of aromatic carboxylic acids is 4. The summed E-state index contributed by atoms with van der Waals surface area (Å²) in [5.41, 5.74) is 11.7. The number of benzene rings is 8. The van der Waals surface area contributed by atoms with E-state index in [4.69, 9.17) is 0 Å². The largest absolute Gasteiger partial charge is 0.478 e. The van der Waals surface area contributed by atoms with Gasteiger partial charge in [0, 0.05) is 89.0 Å². The van der Waals surface area contributed by atoms with Crippen LogP contribution in [0.1, 0.15) is 65.1 Å². The molecule has 0 heterocycles. The SMILES string of the molecule is O.O=C(O)c1ccc(-c2cc(-c3ccc(C(=O)O)cc3)cc(-c3ccc(C(O)O)cc3)c2)cc1.O=C(O)c1ccc(-c2cc(-c3ccc(C(=O)O)cc3)cc(-c3ccc(C(O)O)cc3)c2)cc1.[Zn].[Zn].[Zn].[Zn]. The van der Waals surface area contributed by atoms with Crippen LogP contribution in [0.5, 0.6) is 0 Å². The third-order valence-corrected chi connectivity index (χ3v) is 10.8. The molecule has 8 aromatic carbocycles. The second-order valence-electron chi connectivity index (χ2n) is 15.1. The summed E-state index contributed by atoms with van der Waals surface area (Å²) in [7, 11) is 0. The fourth-order valence-corrected chi connectivity index (χ4v) is 7.17. The van der Waals surface area contributed by atoms with Crippen LogP contribution in [0.3, 0.4) is 0 Å². The monoisotopic (exact) mass is 1150 g/mol. The molecule has 0 amide bonds. The molecular formula is C54H42O13Zn4. The fourth-order valence-electron chi connectivity index (χ4n) is 7.17. The van der Waals surface area contributed by atoms with Gasteiger partial charge in [0.2, 0.25) is 0 Å². The topological polar surface area (TPSA) is 262 Å². The van der Waals surface area contributed by atoms with Crippen LogP contribution < -0.4 is 0 Å². The van der Waals surface area contributed by atoms with Crippen LogP contribution in [0.2, 0.25) is 0 Å². The average molecular weight is 1160 g/mol. The molecule has 0 radical (unpaired) electrons. The Hall–Kier alpha value is -6.07. The summed E-state index contributed by atoms with van der Waals surface area (Å²) in [6.45, 7) is 0. The molecule has 10 N–H and O–H groups in total. The Balaban J connectivity index is 0.000000455. The molecule has 0 unspecified atom stereocenters. The van der Waals surface area contributed by atoms with Crippen molar-refractivity contribution in [2.75, 3.05) is 0 Å².